The normalized spacial score (nSPS) is 23.1. The van der Waals surface area contributed by atoms with E-state index in [-0.39, 0.29) is 0 Å². The van der Waals surface area contributed by atoms with E-state index in [4.69, 9.17) is 23.6 Å². The van der Waals surface area contributed by atoms with Gasteiger partial charge in [-0.05, 0) is 36.4 Å². The summed E-state index contributed by atoms with van der Waals surface area (Å²) in [5.74, 6) is 0. The topological polar surface area (TPSA) is 3.24 Å². The Labute approximate surface area is 72.5 Å². The van der Waals surface area contributed by atoms with Gasteiger partial charge in [-0.3, -0.25) is 0 Å². The lowest BCUT2D eigenvalue weighted by Gasteiger charge is -2.14. The summed E-state index contributed by atoms with van der Waals surface area (Å²) >= 11 is 11.2. The molecule has 1 aliphatic rings. The van der Waals surface area contributed by atoms with Crippen LogP contribution in [0.1, 0.15) is 38.5 Å². The SMILES string of the molecule is ClN(Cl)[C]1CCCCCC1. The molecule has 0 aromatic heterocycles. The Morgan fingerprint density at radius 2 is 1.40 bits per heavy atom. The third-order valence-corrected chi connectivity index (χ3v) is 2.40. The number of hydrogen-bond acceptors (Lipinski definition) is 1. The lowest BCUT2D eigenvalue weighted by atomic mass is 10.1. The second-order valence-corrected chi connectivity index (χ2v) is 3.56. The molecule has 1 saturated carbocycles. The minimum Gasteiger partial charge on any atom is -0.124 e. The molecule has 0 saturated heterocycles. The zero-order valence-electron chi connectivity index (χ0n) is 5.95. The number of hydrogen-bond donors (Lipinski definition) is 0. The summed E-state index contributed by atoms with van der Waals surface area (Å²) in [6, 6.07) is 1.18. The molecule has 0 amide bonds. The Bertz CT molecular complexity index is 87.6. The van der Waals surface area contributed by atoms with Crippen LogP contribution in [0.25, 0.3) is 0 Å². The number of rotatable bonds is 1. The van der Waals surface area contributed by atoms with E-state index >= 15 is 0 Å². The van der Waals surface area contributed by atoms with Crippen molar-refractivity contribution in [3.8, 4) is 0 Å². The smallest absolute Gasteiger partial charge is 0.0735 e. The van der Waals surface area contributed by atoms with E-state index in [0.29, 0.717) is 0 Å². The third kappa shape index (κ3) is 2.65. The average Bonchev–Trinajstić information content (AvgIpc) is 2.12. The Morgan fingerprint density at radius 1 is 0.900 bits per heavy atom. The molecule has 59 valence electrons. The maximum absolute atomic E-state index is 5.59. The second-order valence-electron chi connectivity index (χ2n) is 2.71. The molecule has 0 aromatic rings. The molecule has 0 atom stereocenters. The lowest BCUT2D eigenvalue weighted by Crippen LogP contribution is -2.07. The van der Waals surface area contributed by atoms with Crippen molar-refractivity contribution in [1.29, 1.82) is 0 Å². The molecular weight excluding hydrogens is 169 g/mol. The van der Waals surface area contributed by atoms with Crippen LogP contribution in [0, 0.1) is 6.04 Å². The molecule has 10 heavy (non-hydrogen) atoms. The minimum absolute atomic E-state index is 1.08. The summed E-state index contributed by atoms with van der Waals surface area (Å²) in [4.78, 5) is 0. The third-order valence-electron chi connectivity index (χ3n) is 1.92. The van der Waals surface area contributed by atoms with E-state index in [1.165, 1.54) is 35.7 Å². The summed E-state index contributed by atoms with van der Waals surface area (Å²) in [6.07, 6.45) is 7.28. The minimum atomic E-state index is 1.08. The second kappa shape index (κ2) is 4.42. The zero-order chi connectivity index (χ0) is 7.40. The summed E-state index contributed by atoms with van der Waals surface area (Å²) < 4.78 is 1.24. The molecule has 0 heterocycles. The van der Waals surface area contributed by atoms with Crippen LogP contribution in [-0.2, 0) is 0 Å². The van der Waals surface area contributed by atoms with Gasteiger partial charge in [0.05, 0.1) is 6.04 Å². The van der Waals surface area contributed by atoms with Gasteiger partial charge in [-0.2, -0.15) is 0 Å². The summed E-state index contributed by atoms with van der Waals surface area (Å²) in [6.45, 7) is 0. The molecular formula is C7H12Cl2N. The van der Waals surface area contributed by atoms with Gasteiger partial charge in [0.25, 0.3) is 0 Å². The van der Waals surface area contributed by atoms with Crippen LogP contribution in [-0.4, -0.2) is 3.94 Å². The molecule has 1 nitrogen and oxygen atoms in total. The van der Waals surface area contributed by atoms with E-state index in [1.54, 1.807) is 0 Å². The molecule has 1 fully saturated rings. The predicted octanol–water partition coefficient (Wildman–Crippen LogP) is 3.48. The monoisotopic (exact) mass is 180 g/mol. The van der Waals surface area contributed by atoms with Crippen molar-refractivity contribution in [2.75, 3.05) is 0 Å². The highest BCUT2D eigenvalue weighted by Gasteiger charge is 2.17. The average molecular weight is 181 g/mol. The fraction of sp³-hybridized carbons (Fsp3) is 0.857. The standard InChI is InChI=1S/C7H12Cl2N/c8-10(9)7-5-3-1-2-4-6-7/h1-6H2. The number of nitrogens with zero attached hydrogens (tertiary/aromatic N) is 1. The van der Waals surface area contributed by atoms with Gasteiger partial charge in [0.2, 0.25) is 0 Å². The Balaban J connectivity index is 2.28. The van der Waals surface area contributed by atoms with Crippen LogP contribution in [0.3, 0.4) is 0 Å². The molecule has 3 heteroatoms. The van der Waals surface area contributed by atoms with Crippen LogP contribution >= 0.6 is 23.6 Å². The van der Waals surface area contributed by atoms with Gasteiger partial charge in [0.1, 0.15) is 0 Å². The Hall–Kier alpha value is 0.540. The summed E-state index contributed by atoms with van der Waals surface area (Å²) in [5.41, 5.74) is 0. The van der Waals surface area contributed by atoms with Gasteiger partial charge in [-0.15, -0.1) is 3.94 Å². The lowest BCUT2D eigenvalue weighted by molar-refractivity contribution is 0.575. The highest BCUT2D eigenvalue weighted by atomic mass is 35.5. The van der Waals surface area contributed by atoms with Crippen molar-refractivity contribution in [1.82, 2.24) is 3.94 Å². The maximum atomic E-state index is 5.59. The van der Waals surface area contributed by atoms with E-state index < -0.39 is 0 Å². The first-order chi connectivity index (χ1) is 4.80. The van der Waals surface area contributed by atoms with Crippen molar-refractivity contribution in [3.05, 3.63) is 6.04 Å². The molecule has 1 aliphatic carbocycles. The first-order valence-corrected chi connectivity index (χ1v) is 4.44. The maximum Gasteiger partial charge on any atom is 0.0735 e. The van der Waals surface area contributed by atoms with Crippen molar-refractivity contribution < 1.29 is 0 Å². The van der Waals surface area contributed by atoms with Crippen LogP contribution in [0.15, 0.2) is 0 Å². The molecule has 1 rings (SSSR count). The van der Waals surface area contributed by atoms with Crippen molar-refractivity contribution in [2.45, 2.75) is 38.5 Å². The first-order valence-electron chi connectivity index (χ1n) is 3.77. The first kappa shape index (κ1) is 8.63. The van der Waals surface area contributed by atoms with Gasteiger partial charge < -0.3 is 0 Å². The highest BCUT2D eigenvalue weighted by molar-refractivity contribution is 6.34. The van der Waals surface area contributed by atoms with Crippen LogP contribution < -0.4 is 0 Å². The van der Waals surface area contributed by atoms with E-state index in [2.05, 4.69) is 0 Å². The molecule has 1 radical (unpaired) electrons. The number of halogens is 2. The molecule has 0 spiro atoms. The van der Waals surface area contributed by atoms with Gasteiger partial charge >= 0.3 is 0 Å². The zero-order valence-corrected chi connectivity index (χ0v) is 7.46. The highest BCUT2D eigenvalue weighted by Crippen LogP contribution is 2.30. The summed E-state index contributed by atoms with van der Waals surface area (Å²) in [5, 5.41) is 0. The van der Waals surface area contributed by atoms with Crippen LogP contribution in [0.5, 0.6) is 0 Å². The fourth-order valence-corrected chi connectivity index (χ4v) is 1.64. The Kier molecular flexibility index (Phi) is 3.82. The molecule has 0 aliphatic heterocycles. The fourth-order valence-electron chi connectivity index (χ4n) is 1.31. The summed E-state index contributed by atoms with van der Waals surface area (Å²) in [7, 11) is 0. The van der Waals surface area contributed by atoms with Gasteiger partial charge in [-0.25, -0.2) is 0 Å². The molecule has 0 N–H and O–H groups in total. The quantitative estimate of drug-likeness (QED) is 0.442. The molecule has 0 bridgehead atoms. The Morgan fingerprint density at radius 3 is 1.80 bits per heavy atom. The molecule has 0 unspecified atom stereocenters. The van der Waals surface area contributed by atoms with Crippen molar-refractivity contribution in [2.24, 2.45) is 0 Å². The van der Waals surface area contributed by atoms with Gasteiger partial charge in [0, 0.05) is 0 Å². The van der Waals surface area contributed by atoms with E-state index in [9.17, 15) is 0 Å². The van der Waals surface area contributed by atoms with Crippen molar-refractivity contribution >= 4 is 23.6 Å². The van der Waals surface area contributed by atoms with Crippen molar-refractivity contribution in [3.63, 3.8) is 0 Å². The van der Waals surface area contributed by atoms with E-state index in [0.717, 1.165) is 12.8 Å². The van der Waals surface area contributed by atoms with E-state index in [1.807, 2.05) is 0 Å². The predicted molar refractivity (Wildman–Crippen MR) is 44.5 cm³/mol. The van der Waals surface area contributed by atoms with Crippen LogP contribution in [0.4, 0.5) is 0 Å². The largest absolute Gasteiger partial charge is 0.124 e. The van der Waals surface area contributed by atoms with Crippen LogP contribution in [0.2, 0.25) is 0 Å². The van der Waals surface area contributed by atoms with Gasteiger partial charge in [-0.1, -0.05) is 25.7 Å². The molecule has 0 aromatic carbocycles. The van der Waals surface area contributed by atoms with Gasteiger partial charge in [0.15, 0.2) is 0 Å².